The monoisotopic (exact) mass is 261 g/mol. The maximum atomic E-state index is 6.23. The number of fused-ring (bicyclic) bond motifs is 1. The number of nitrogens with two attached hydrogens (primary N) is 1. The lowest BCUT2D eigenvalue weighted by Crippen LogP contribution is -2.09. The third kappa shape index (κ3) is 2.35. The highest BCUT2D eigenvalue weighted by atomic mass is 32.1. The van der Waals surface area contributed by atoms with E-state index < -0.39 is 0 Å². The maximum absolute atomic E-state index is 6.23. The van der Waals surface area contributed by atoms with Crippen molar-refractivity contribution >= 4 is 11.3 Å². The Kier molecular flexibility index (Phi) is 3.22. The number of aromatic nitrogens is 2. The first-order valence-corrected chi connectivity index (χ1v) is 7.39. The maximum Gasteiger partial charge on any atom is 0.0897 e. The fraction of sp³-hybridized carbons (Fsp3) is 0.500. The summed E-state index contributed by atoms with van der Waals surface area (Å²) in [5.74, 6) is 0. The van der Waals surface area contributed by atoms with Gasteiger partial charge in [-0.1, -0.05) is 6.42 Å². The number of hydrogen-bond acceptors (Lipinski definition) is 3. The summed E-state index contributed by atoms with van der Waals surface area (Å²) in [5, 5.41) is 1.13. The van der Waals surface area contributed by atoms with E-state index in [0.29, 0.717) is 0 Å². The minimum Gasteiger partial charge on any atom is -0.348 e. The van der Waals surface area contributed by atoms with E-state index in [4.69, 9.17) is 5.73 Å². The van der Waals surface area contributed by atoms with Crippen LogP contribution in [0.4, 0.5) is 0 Å². The van der Waals surface area contributed by atoms with E-state index in [-0.39, 0.29) is 6.04 Å². The average Bonchev–Trinajstić information content (AvgIpc) is 2.88. The summed E-state index contributed by atoms with van der Waals surface area (Å²) >= 11 is 1.77. The zero-order valence-electron chi connectivity index (χ0n) is 10.7. The second-order valence-electron chi connectivity index (χ2n) is 5.11. The van der Waals surface area contributed by atoms with Crippen molar-refractivity contribution in [2.45, 2.75) is 45.2 Å². The fourth-order valence-electron chi connectivity index (χ4n) is 2.70. The lowest BCUT2D eigenvalue weighted by molar-refractivity contribution is 0.610. The second kappa shape index (κ2) is 4.86. The van der Waals surface area contributed by atoms with Crippen LogP contribution in [0.3, 0.4) is 0 Å². The second-order valence-corrected chi connectivity index (χ2v) is 6.43. The van der Waals surface area contributed by atoms with Crippen molar-refractivity contribution < 1.29 is 0 Å². The number of thiazole rings is 1. The molecule has 1 unspecified atom stereocenters. The molecule has 0 radical (unpaired) electrons. The van der Waals surface area contributed by atoms with Crippen molar-refractivity contribution in [3.8, 4) is 0 Å². The number of rotatable bonds is 2. The standard InChI is InChI=1S/C14H19N3S/c1-10-16-6-12(18-10)8-17-7-11-4-2-3-5-14(15)13(11)9-17/h6-7,9,14H,2-5,8,15H2,1H3. The summed E-state index contributed by atoms with van der Waals surface area (Å²) < 4.78 is 2.27. The van der Waals surface area contributed by atoms with Crippen LogP contribution in [0.2, 0.25) is 0 Å². The number of hydrogen-bond donors (Lipinski definition) is 1. The van der Waals surface area contributed by atoms with E-state index in [0.717, 1.165) is 18.0 Å². The summed E-state index contributed by atoms with van der Waals surface area (Å²) in [6, 6.07) is 0.229. The van der Waals surface area contributed by atoms with E-state index in [1.807, 2.05) is 6.20 Å². The van der Waals surface area contributed by atoms with Gasteiger partial charge in [0.1, 0.15) is 0 Å². The van der Waals surface area contributed by atoms with Crippen LogP contribution in [0, 0.1) is 6.92 Å². The van der Waals surface area contributed by atoms with Gasteiger partial charge in [0.15, 0.2) is 0 Å². The summed E-state index contributed by atoms with van der Waals surface area (Å²) in [6.45, 7) is 2.97. The molecule has 0 aliphatic heterocycles. The molecule has 0 aromatic carbocycles. The Bertz CT molecular complexity index is 541. The van der Waals surface area contributed by atoms with Gasteiger partial charge < -0.3 is 10.3 Å². The van der Waals surface area contributed by atoms with Gasteiger partial charge in [0.2, 0.25) is 0 Å². The summed E-state index contributed by atoms with van der Waals surface area (Å²) in [4.78, 5) is 5.62. The molecule has 0 bridgehead atoms. The topological polar surface area (TPSA) is 43.8 Å². The van der Waals surface area contributed by atoms with Crippen LogP contribution in [0.5, 0.6) is 0 Å². The molecular weight excluding hydrogens is 242 g/mol. The molecule has 2 N–H and O–H groups in total. The van der Waals surface area contributed by atoms with E-state index >= 15 is 0 Å². The third-order valence-electron chi connectivity index (χ3n) is 3.62. The van der Waals surface area contributed by atoms with E-state index in [9.17, 15) is 0 Å². The van der Waals surface area contributed by atoms with E-state index in [2.05, 4.69) is 28.9 Å². The molecule has 0 amide bonds. The van der Waals surface area contributed by atoms with Crippen LogP contribution >= 0.6 is 11.3 Å². The van der Waals surface area contributed by atoms with Crippen LogP contribution in [0.15, 0.2) is 18.6 Å². The summed E-state index contributed by atoms with van der Waals surface area (Å²) in [6.07, 6.45) is 11.3. The van der Waals surface area contributed by atoms with Gasteiger partial charge in [-0.05, 0) is 37.3 Å². The predicted molar refractivity (Wildman–Crippen MR) is 74.9 cm³/mol. The van der Waals surface area contributed by atoms with Crippen LogP contribution in [-0.2, 0) is 13.0 Å². The van der Waals surface area contributed by atoms with Gasteiger partial charge in [-0.15, -0.1) is 11.3 Å². The molecule has 1 aliphatic carbocycles. The first kappa shape index (κ1) is 11.9. The highest BCUT2D eigenvalue weighted by molar-refractivity contribution is 7.11. The Labute approximate surface area is 112 Å². The molecule has 3 nitrogen and oxygen atoms in total. The Morgan fingerprint density at radius 1 is 1.44 bits per heavy atom. The predicted octanol–water partition coefficient (Wildman–Crippen LogP) is 3.03. The molecule has 0 spiro atoms. The minimum atomic E-state index is 0.229. The molecule has 2 aromatic heterocycles. The van der Waals surface area contributed by atoms with Crippen molar-refractivity contribution in [2.75, 3.05) is 0 Å². The van der Waals surface area contributed by atoms with Crippen molar-refractivity contribution in [1.29, 1.82) is 0 Å². The smallest absolute Gasteiger partial charge is 0.0897 e. The van der Waals surface area contributed by atoms with Gasteiger partial charge in [0, 0.05) is 29.5 Å². The van der Waals surface area contributed by atoms with Crippen LogP contribution in [-0.4, -0.2) is 9.55 Å². The van der Waals surface area contributed by atoms with Crippen molar-refractivity contribution in [1.82, 2.24) is 9.55 Å². The van der Waals surface area contributed by atoms with Gasteiger partial charge in [-0.25, -0.2) is 4.98 Å². The van der Waals surface area contributed by atoms with Crippen LogP contribution < -0.4 is 5.73 Å². The largest absolute Gasteiger partial charge is 0.348 e. The zero-order chi connectivity index (χ0) is 12.5. The van der Waals surface area contributed by atoms with Crippen molar-refractivity contribution in [3.63, 3.8) is 0 Å². The highest BCUT2D eigenvalue weighted by Crippen LogP contribution is 2.28. The molecule has 96 valence electrons. The number of aryl methyl sites for hydroxylation is 2. The average molecular weight is 261 g/mol. The normalized spacial score (nSPS) is 19.6. The van der Waals surface area contributed by atoms with Gasteiger partial charge in [0.05, 0.1) is 11.6 Å². The first-order chi connectivity index (χ1) is 8.72. The molecule has 1 aliphatic rings. The van der Waals surface area contributed by atoms with Crippen LogP contribution in [0.1, 0.15) is 46.3 Å². The van der Waals surface area contributed by atoms with Gasteiger partial charge in [0.25, 0.3) is 0 Å². The van der Waals surface area contributed by atoms with Crippen molar-refractivity contribution in [2.24, 2.45) is 5.73 Å². The zero-order valence-corrected chi connectivity index (χ0v) is 11.5. The lowest BCUT2D eigenvalue weighted by Gasteiger charge is -2.07. The van der Waals surface area contributed by atoms with Gasteiger partial charge >= 0.3 is 0 Å². The molecule has 4 heteroatoms. The van der Waals surface area contributed by atoms with Gasteiger partial charge in [-0.2, -0.15) is 0 Å². The van der Waals surface area contributed by atoms with Gasteiger partial charge in [-0.3, -0.25) is 0 Å². The SMILES string of the molecule is Cc1ncc(Cn2cc3c(c2)C(N)CCCC3)s1. The Morgan fingerprint density at radius 2 is 2.33 bits per heavy atom. The molecular formula is C14H19N3S. The summed E-state index contributed by atoms with van der Waals surface area (Å²) in [7, 11) is 0. The molecule has 0 saturated carbocycles. The fourth-order valence-corrected chi connectivity index (χ4v) is 3.51. The Hall–Kier alpha value is -1.13. The minimum absolute atomic E-state index is 0.229. The quantitative estimate of drug-likeness (QED) is 0.844. The lowest BCUT2D eigenvalue weighted by atomic mass is 10.1. The third-order valence-corrected chi connectivity index (χ3v) is 4.51. The molecule has 3 rings (SSSR count). The van der Waals surface area contributed by atoms with Crippen molar-refractivity contribution in [3.05, 3.63) is 39.6 Å². The van der Waals surface area contributed by atoms with E-state index in [1.165, 1.54) is 35.3 Å². The highest BCUT2D eigenvalue weighted by Gasteiger charge is 2.17. The molecule has 0 saturated heterocycles. The Balaban J connectivity index is 1.84. The van der Waals surface area contributed by atoms with E-state index in [1.54, 1.807) is 11.3 Å². The Morgan fingerprint density at radius 3 is 3.11 bits per heavy atom. The molecule has 2 heterocycles. The number of nitrogens with zero attached hydrogens (tertiary/aromatic N) is 2. The first-order valence-electron chi connectivity index (χ1n) is 6.58. The molecule has 18 heavy (non-hydrogen) atoms. The molecule has 1 atom stereocenters. The molecule has 2 aromatic rings. The summed E-state index contributed by atoms with van der Waals surface area (Å²) in [5.41, 5.74) is 9.04. The van der Waals surface area contributed by atoms with Crippen LogP contribution in [0.25, 0.3) is 0 Å². The molecule has 0 fully saturated rings.